The first kappa shape index (κ1) is 34.6. The predicted molar refractivity (Wildman–Crippen MR) is 266 cm³/mol. The van der Waals surface area contributed by atoms with Crippen molar-refractivity contribution in [2.45, 2.75) is 11.8 Å². The Morgan fingerprint density at radius 3 is 1.28 bits per heavy atom. The number of aromatic nitrogens is 6. The second-order valence-electron chi connectivity index (χ2n) is 18.4. The summed E-state index contributed by atoms with van der Waals surface area (Å²) >= 11 is 0. The first-order chi connectivity index (χ1) is 32.2. The van der Waals surface area contributed by atoms with E-state index in [4.69, 9.17) is 9.97 Å². The molecule has 0 bridgehead atoms. The number of likely N-dealkylation sites (N-methyl/N-ethyl adjacent to an activating group) is 2. The van der Waals surface area contributed by atoms with Gasteiger partial charge in [-0.2, -0.15) is 0 Å². The topological polar surface area (TPSA) is 76.5 Å². The molecule has 0 amide bonds. The van der Waals surface area contributed by atoms with Gasteiger partial charge in [0, 0.05) is 78.8 Å². The van der Waals surface area contributed by atoms with Crippen LogP contribution in [0.5, 0.6) is 0 Å². The highest BCUT2D eigenvalue weighted by Crippen LogP contribution is 2.52. The van der Waals surface area contributed by atoms with E-state index in [1.165, 1.54) is 131 Å². The predicted octanol–water partition coefficient (Wildman–Crippen LogP) is 11.9. The molecule has 16 rings (SSSR count). The summed E-state index contributed by atoms with van der Waals surface area (Å²) in [5.74, 6) is 1.17. The lowest BCUT2D eigenvalue weighted by Gasteiger charge is -2.13. The molecule has 2 N–H and O–H groups in total. The van der Waals surface area contributed by atoms with E-state index in [1.54, 1.807) is 12.7 Å². The van der Waals surface area contributed by atoms with Gasteiger partial charge in [0.05, 0.1) is 44.1 Å². The van der Waals surface area contributed by atoms with Crippen molar-refractivity contribution in [3.05, 3.63) is 168 Å². The lowest BCUT2D eigenvalue weighted by Crippen LogP contribution is -2.16. The third-order valence-electron chi connectivity index (χ3n) is 15.5. The smallest absolute Gasteiger partial charge is 0.237 e. The van der Waals surface area contributed by atoms with Gasteiger partial charge in [-0.3, -0.25) is 4.57 Å². The third-order valence-corrected chi connectivity index (χ3v) is 15.5. The number of fused-ring (bicyclic) bond motifs is 21. The molecule has 2 unspecified atom stereocenters. The van der Waals surface area contributed by atoms with Gasteiger partial charge < -0.3 is 19.4 Å². The minimum Gasteiger partial charge on any atom is -0.319 e. The van der Waals surface area contributed by atoms with Crippen LogP contribution in [0.2, 0.25) is 0 Å². The molecule has 0 spiro atoms. The maximum atomic E-state index is 4.83. The van der Waals surface area contributed by atoms with Gasteiger partial charge in [-0.25, -0.2) is 15.0 Å². The molecule has 0 radical (unpaired) electrons. The summed E-state index contributed by atoms with van der Waals surface area (Å²) in [6.07, 6.45) is 3.22. The number of nitrogens with zero attached hydrogens (tertiary/aromatic N) is 6. The van der Waals surface area contributed by atoms with Crippen molar-refractivity contribution >= 4 is 98.0 Å². The van der Waals surface area contributed by atoms with E-state index >= 15 is 0 Å². The normalized spacial score (nSPS) is 15.8. The highest BCUT2D eigenvalue weighted by atomic mass is 15.2. The average molecular weight is 835 g/mol. The molecule has 8 heteroatoms. The summed E-state index contributed by atoms with van der Waals surface area (Å²) in [6.45, 7) is 1.77. The molecule has 6 heterocycles. The SMILES string of the molecule is CNCC1c2ccccc2-c2cc3c4cccc5c6cc7c8cc9c%10cccc%11c%12cc%13c(cc%12n(c9cc8n(-c8ncncn8)c7cc6n(c3cc21)c45)c%11%10)C(CNC)c1ccccc1-%13. The molecular weight excluding hydrogens is 797 g/mol. The number of nitrogens with one attached hydrogen (secondary N) is 2. The van der Waals surface area contributed by atoms with E-state index in [-0.39, 0.29) is 11.8 Å². The van der Waals surface area contributed by atoms with Gasteiger partial charge in [-0.1, -0.05) is 84.9 Å². The van der Waals surface area contributed by atoms with Crippen molar-refractivity contribution in [2.75, 3.05) is 27.2 Å². The molecule has 65 heavy (non-hydrogen) atoms. The van der Waals surface area contributed by atoms with Crippen molar-refractivity contribution in [1.29, 1.82) is 0 Å². The van der Waals surface area contributed by atoms with Crippen molar-refractivity contribution in [3.8, 4) is 28.2 Å². The first-order valence-corrected chi connectivity index (χ1v) is 22.7. The van der Waals surface area contributed by atoms with Crippen LogP contribution in [0.15, 0.2) is 146 Å². The molecule has 306 valence electrons. The second-order valence-corrected chi connectivity index (χ2v) is 18.4. The lowest BCUT2D eigenvalue weighted by molar-refractivity contribution is 0.720. The Labute approximate surface area is 371 Å². The molecule has 2 atom stereocenters. The van der Waals surface area contributed by atoms with Crippen LogP contribution in [-0.2, 0) is 0 Å². The number of benzene rings is 8. The zero-order valence-electron chi connectivity index (χ0n) is 35.6. The summed E-state index contributed by atoms with van der Waals surface area (Å²) in [5.41, 5.74) is 20.5. The molecular formula is C57H38N8. The van der Waals surface area contributed by atoms with E-state index in [0.29, 0.717) is 5.95 Å². The zero-order chi connectivity index (χ0) is 42.4. The number of hydrogen-bond acceptors (Lipinski definition) is 5. The number of rotatable bonds is 5. The van der Waals surface area contributed by atoms with Crippen molar-refractivity contribution in [1.82, 2.24) is 39.0 Å². The molecule has 2 aliphatic carbocycles. The first-order valence-electron chi connectivity index (χ1n) is 22.7. The molecule has 0 saturated heterocycles. The van der Waals surface area contributed by atoms with E-state index in [0.717, 1.165) is 24.1 Å². The third kappa shape index (κ3) is 4.10. The molecule has 0 aliphatic heterocycles. The van der Waals surface area contributed by atoms with E-state index in [1.807, 2.05) is 0 Å². The van der Waals surface area contributed by atoms with Crippen LogP contribution >= 0.6 is 0 Å². The Morgan fingerprint density at radius 2 is 0.815 bits per heavy atom. The number of para-hydroxylation sites is 2. The maximum Gasteiger partial charge on any atom is 0.237 e. The van der Waals surface area contributed by atoms with Crippen LogP contribution in [-0.4, -0.2) is 55.5 Å². The summed E-state index contributed by atoms with van der Waals surface area (Å²) in [6, 6.07) is 51.1. The minimum absolute atomic E-state index is 0.285. The average Bonchev–Trinajstić information content (AvgIpc) is 4.21. The fourth-order valence-electron chi connectivity index (χ4n) is 13.0. The van der Waals surface area contributed by atoms with Gasteiger partial charge in [0.1, 0.15) is 12.7 Å². The maximum absolute atomic E-state index is 4.83. The van der Waals surface area contributed by atoms with Crippen LogP contribution in [0.25, 0.3) is 126 Å². The summed E-state index contributed by atoms with van der Waals surface area (Å²) in [4.78, 5) is 13.9. The van der Waals surface area contributed by atoms with Crippen LogP contribution in [0.3, 0.4) is 0 Å². The lowest BCUT2D eigenvalue weighted by atomic mass is 9.96. The quantitative estimate of drug-likeness (QED) is 0.181. The summed E-state index contributed by atoms with van der Waals surface area (Å²) in [7, 11) is 4.12. The van der Waals surface area contributed by atoms with E-state index < -0.39 is 0 Å². The highest BCUT2D eigenvalue weighted by Gasteiger charge is 2.32. The zero-order valence-corrected chi connectivity index (χ0v) is 35.6. The molecule has 8 nitrogen and oxygen atoms in total. The standard InChI is InChI=1S/C57H38N8/c1-58-25-47-31-11-5-3-9-29(31)37-17-41-33-13-7-15-35-43-19-45-46-20-44-36-16-8-14-34-42-18-38-30-10-4-6-12-32(30)48(26-59-2)40(38)22-50(42)64(56(34)36)52(44)24-54(46)65(57-61-27-60-28-62-57)53(45)23-51(43)63(55(33)35)49(41)21-39(37)47/h3-24,27-28,47-48,58-59H,25-26H2,1-2H3. The Hall–Kier alpha value is -7.91. The fourth-order valence-corrected chi connectivity index (χ4v) is 13.0. The molecule has 6 aromatic heterocycles. The molecule has 0 saturated carbocycles. The molecule has 8 aromatic carbocycles. The van der Waals surface area contributed by atoms with Crippen LogP contribution in [0.1, 0.15) is 34.1 Å². The van der Waals surface area contributed by atoms with Crippen LogP contribution < -0.4 is 10.6 Å². The highest BCUT2D eigenvalue weighted by molar-refractivity contribution is 6.29. The minimum atomic E-state index is 0.285. The molecule has 2 aliphatic rings. The monoisotopic (exact) mass is 834 g/mol. The Bertz CT molecular complexity index is 4140. The number of hydrogen-bond donors (Lipinski definition) is 2. The fraction of sp³-hybridized carbons (Fsp3) is 0.105. The Morgan fingerprint density at radius 1 is 0.400 bits per heavy atom. The second kappa shape index (κ2) is 12.0. The van der Waals surface area contributed by atoms with Gasteiger partial charge in [0.25, 0.3) is 0 Å². The van der Waals surface area contributed by atoms with Gasteiger partial charge in [0.2, 0.25) is 5.95 Å². The largest absolute Gasteiger partial charge is 0.319 e. The molecule has 14 aromatic rings. The van der Waals surface area contributed by atoms with Crippen LogP contribution in [0.4, 0.5) is 0 Å². The van der Waals surface area contributed by atoms with Crippen molar-refractivity contribution in [3.63, 3.8) is 0 Å². The van der Waals surface area contributed by atoms with Crippen molar-refractivity contribution in [2.24, 2.45) is 0 Å². The van der Waals surface area contributed by atoms with Crippen LogP contribution in [0, 0.1) is 0 Å². The van der Waals surface area contributed by atoms with Gasteiger partial charge in [-0.15, -0.1) is 0 Å². The summed E-state index contributed by atoms with van der Waals surface area (Å²) < 4.78 is 7.32. The van der Waals surface area contributed by atoms with Gasteiger partial charge >= 0.3 is 0 Å². The van der Waals surface area contributed by atoms with Gasteiger partial charge in [-0.05, 0) is 107 Å². The van der Waals surface area contributed by atoms with E-state index in [9.17, 15) is 0 Å². The Kier molecular flexibility index (Phi) is 6.38. The molecule has 0 fully saturated rings. The van der Waals surface area contributed by atoms with Gasteiger partial charge in [0.15, 0.2) is 0 Å². The van der Waals surface area contributed by atoms with Crippen molar-refractivity contribution < 1.29 is 0 Å². The summed E-state index contributed by atoms with van der Waals surface area (Å²) in [5, 5.41) is 19.5. The van der Waals surface area contributed by atoms with E-state index in [2.05, 4.69) is 177 Å². The Balaban J connectivity index is 1.01.